The van der Waals surface area contributed by atoms with Gasteiger partial charge in [-0.05, 0) is 29.8 Å². The molecule has 3 rings (SSSR count). The van der Waals surface area contributed by atoms with E-state index in [0.717, 1.165) is 25.1 Å². The van der Waals surface area contributed by atoms with Gasteiger partial charge in [-0.2, -0.15) is 0 Å². The molecule has 1 aromatic carbocycles. The minimum Gasteiger partial charge on any atom is -0.481 e. The normalized spacial score (nSPS) is 10.8. The maximum absolute atomic E-state index is 10.6. The number of aromatic nitrogens is 2. The summed E-state index contributed by atoms with van der Waals surface area (Å²) < 4.78 is 0.935. The van der Waals surface area contributed by atoms with E-state index in [4.69, 9.17) is 5.11 Å². The standard InChI is InChI=1S/C14H10N2O2S2/c17-12(18)8-9-3-5-10(6-4-9)19-14-16-11-2-1-7-15-13(11)20-14/h1-7H,8H2,(H,17,18). The highest BCUT2D eigenvalue weighted by atomic mass is 32.2. The summed E-state index contributed by atoms with van der Waals surface area (Å²) in [5.41, 5.74) is 1.70. The van der Waals surface area contributed by atoms with E-state index in [1.165, 1.54) is 0 Å². The molecule has 0 saturated carbocycles. The molecule has 2 aromatic heterocycles. The third kappa shape index (κ3) is 2.97. The SMILES string of the molecule is O=C(O)Cc1ccc(Sc2nc3cccnc3s2)cc1. The number of aliphatic carboxylic acids is 1. The molecule has 2 heterocycles. The smallest absolute Gasteiger partial charge is 0.307 e. The van der Waals surface area contributed by atoms with Gasteiger partial charge in [0, 0.05) is 11.1 Å². The van der Waals surface area contributed by atoms with Crippen LogP contribution in [0.4, 0.5) is 0 Å². The molecule has 4 nitrogen and oxygen atoms in total. The van der Waals surface area contributed by atoms with Crippen LogP contribution in [0.25, 0.3) is 10.3 Å². The third-order valence-corrected chi connectivity index (χ3v) is 4.68. The number of benzene rings is 1. The van der Waals surface area contributed by atoms with Crippen molar-refractivity contribution in [3.05, 3.63) is 48.2 Å². The van der Waals surface area contributed by atoms with E-state index in [2.05, 4.69) is 9.97 Å². The molecular weight excluding hydrogens is 292 g/mol. The summed E-state index contributed by atoms with van der Waals surface area (Å²) in [6.07, 6.45) is 1.81. The first-order chi connectivity index (χ1) is 9.70. The largest absolute Gasteiger partial charge is 0.481 e. The lowest BCUT2D eigenvalue weighted by Crippen LogP contribution is -1.99. The summed E-state index contributed by atoms with van der Waals surface area (Å²) >= 11 is 3.11. The fourth-order valence-electron chi connectivity index (χ4n) is 1.74. The van der Waals surface area contributed by atoms with E-state index in [1.807, 2.05) is 36.4 Å². The number of carbonyl (C=O) groups is 1. The number of carboxylic acids is 1. The van der Waals surface area contributed by atoms with Gasteiger partial charge >= 0.3 is 5.97 Å². The first-order valence-corrected chi connectivity index (χ1v) is 7.54. The van der Waals surface area contributed by atoms with Crippen LogP contribution in [0, 0.1) is 0 Å². The highest BCUT2D eigenvalue weighted by molar-refractivity contribution is 8.01. The van der Waals surface area contributed by atoms with E-state index >= 15 is 0 Å². The first-order valence-electron chi connectivity index (χ1n) is 5.91. The van der Waals surface area contributed by atoms with Crippen LogP contribution in [0.5, 0.6) is 0 Å². The molecule has 0 fully saturated rings. The lowest BCUT2D eigenvalue weighted by atomic mass is 10.2. The van der Waals surface area contributed by atoms with Gasteiger partial charge in [0.05, 0.1) is 6.42 Å². The second-order valence-corrected chi connectivity index (χ2v) is 6.42. The Kier molecular flexibility index (Phi) is 3.66. The fourth-order valence-corrected chi connectivity index (χ4v) is 3.70. The van der Waals surface area contributed by atoms with E-state index in [-0.39, 0.29) is 6.42 Å². The number of fused-ring (bicyclic) bond motifs is 1. The van der Waals surface area contributed by atoms with Crippen molar-refractivity contribution >= 4 is 39.4 Å². The molecule has 0 bridgehead atoms. The number of rotatable bonds is 4. The lowest BCUT2D eigenvalue weighted by molar-refractivity contribution is -0.136. The van der Waals surface area contributed by atoms with Gasteiger partial charge in [0.15, 0.2) is 4.34 Å². The van der Waals surface area contributed by atoms with Gasteiger partial charge in [0.25, 0.3) is 0 Å². The Morgan fingerprint density at radius 2 is 2.05 bits per heavy atom. The van der Waals surface area contributed by atoms with Crippen LogP contribution in [0.2, 0.25) is 0 Å². The molecular formula is C14H10N2O2S2. The number of nitrogens with zero attached hydrogens (tertiary/aromatic N) is 2. The van der Waals surface area contributed by atoms with Gasteiger partial charge in [-0.25, -0.2) is 9.97 Å². The molecule has 0 spiro atoms. The highest BCUT2D eigenvalue weighted by Gasteiger charge is 2.06. The zero-order valence-corrected chi connectivity index (χ0v) is 11.9. The second kappa shape index (κ2) is 5.60. The number of hydrogen-bond acceptors (Lipinski definition) is 5. The summed E-state index contributed by atoms with van der Waals surface area (Å²) in [5.74, 6) is -0.817. The molecule has 0 radical (unpaired) electrons. The highest BCUT2D eigenvalue weighted by Crippen LogP contribution is 2.33. The fraction of sp³-hybridized carbons (Fsp3) is 0.0714. The maximum Gasteiger partial charge on any atom is 0.307 e. The number of pyridine rings is 1. The van der Waals surface area contributed by atoms with Crippen LogP contribution in [-0.4, -0.2) is 21.0 Å². The summed E-state index contributed by atoms with van der Waals surface area (Å²) in [6.45, 7) is 0. The first kappa shape index (κ1) is 13.1. The van der Waals surface area contributed by atoms with Crippen molar-refractivity contribution in [3.8, 4) is 0 Å². The van der Waals surface area contributed by atoms with Crippen LogP contribution in [0.1, 0.15) is 5.56 Å². The van der Waals surface area contributed by atoms with Crippen molar-refractivity contribution in [2.75, 3.05) is 0 Å². The Morgan fingerprint density at radius 3 is 2.75 bits per heavy atom. The van der Waals surface area contributed by atoms with Crippen LogP contribution >= 0.6 is 23.1 Å². The van der Waals surface area contributed by atoms with Gasteiger partial charge in [-0.15, -0.1) is 0 Å². The molecule has 0 atom stereocenters. The van der Waals surface area contributed by atoms with Crippen LogP contribution in [0.3, 0.4) is 0 Å². The van der Waals surface area contributed by atoms with Crippen molar-refractivity contribution in [2.45, 2.75) is 15.7 Å². The van der Waals surface area contributed by atoms with E-state index in [1.54, 1.807) is 29.3 Å². The number of thiazole rings is 1. The van der Waals surface area contributed by atoms with Crippen molar-refractivity contribution in [2.24, 2.45) is 0 Å². The van der Waals surface area contributed by atoms with Crippen molar-refractivity contribution in [3.63, 3.8) is 0 Å². The Hall–Kier alpha value is -1.92. The molecule has 100 valence electrons. The molecule has 1 N–H and O–H groups in total. The van der Waals surface area contributed by atoms with Gasteiger partial charge in [-0.1, -0.05) is 35.2 Å². The zero-order chi connectivity index (χ0) is 13.9. The lowest BCUT2D eigenvalue weighted by Gasteiger charge is -2.00. The monoisotopic (exact) mass is 302 g/mol. The van der Waals surface area contributed by atoms with Crippen LogP contribution in [0.15, 0.2) is 51.8 Å². The van der Waals surface area contributed by atoms with Crippen molar-refractivity contribution in [1.29, 1.82) is 0 Å². The van der Waals surface area contributed by atoms with Gasteiger partial charge < -0.3 is 5.11 Å². The Morgan fingerprint density at radius 1 is 1.25 bits per heavy atom. The molecule has 3 aromatic rings. The minimum absolute atomic E-state index is 0.0516. The molecule has 0 aliphatic heterocycles. The predicted molar refractivity (Wildman–Crippen MR) is 79.3 cm³/mol. The van der Waals surface area contributed by atoms with Gasteiger partial charge in [0.1, 0.15) is 10.3 Å². The van der Waals surface area contributed by atoms with Crippen molar-refractivity contribution in [1.82, 2.24) is 9.97 Å². The van der Waals surface area contributed by atoms with E-state index in [9.17, 15) is 4.79 Å². The average Bonchev–Trinajstić information content (AvgIpc) is 2.82. The predicted octanol–water partition coefficient (Wildman–Crippen LogP) is 3.47. The molecule has 6 heteroatoms. The number of carboxylic acid groups (broad SMARTS) is 1. The van der Waals surface area contributed by atoms with Gasteiger partial charge in [-0.3, -0.25) is 4.79 Å². The molecule has 0 aliphatic rings. The quantitative estimate of drug-likeness (QED) is 0.799. The Balaban J connectivity index is 1.78. The van der Waals surface area contributed by atoms with Crippen LogP contribution < -0.4 is 0 Å². The molecule has 0 unspecified atom stereocenters. The zero-order valence-electron chi connectivity index (χ0n) is 10.3. The molecule has 20 heavy (non-hydrogen) atoms. The molecule has 0 saturated heterocycles. The molecule has 0 amide bonds. The van der Waals surface area contributed by atoms with E-state index in [0.29, 0.717) is 0 Å². The average molecular weight is 302 g/mol. The third-order valence-electron chi connectivity index (χ3n) is 2.63. The summed E-state index contributed by atoms with van der Waals surface area (Å²) in [7, 11) is 0. The van der Waals surface area contributed by atoms with Gasteiger partial charge in [0.2, 0.25) is 0 Å². The van der Waals surface area contributed by atoms with Crippen LogP contribution in [-0.2, 0) is 11.2 Å². The van der Waals surface area contributed by atoms with E-state index < -0.39 is 5.97 Å². The topological polar surface area (TPSA) is 63.1 Å². The maximum atomic E-state index is 10.6. The van der Waals surface area contributed by atoms with Crippen molar-refractivity contribution < 1.29 is 9.90 Å². The second-order valence-electron chi connectivity index (χ2n) is 4.12. The Labute approximate surface area is 123 Å². The molecule has 0 aliphatic carbocycles. The Bertz CT molecular complexity index is 720. The summed E-state index contributed by atoms with van der Waals surface area (Å²) in [6, 6.07) is 11.3. The summed E-state index contributed by atoms with van der Waals surface area (Å²) in [4.78, 5) is 21.4. The minimum atomic E-state index is -0.817. The summed E-state index contributed by atoms with van der Waals surface area (Å²) in [5, 5.41) is 8.73. The number of hydrogen-bond donors (Lipinski definition) is 1.